The van der Waals surface area contributed by atoms with Gasteiger partial charge in [0.05, 0.1) is 6.20 Å². The van der Waals surface area contributed by atoms with Gasteiger partial charge in [0.1, 0.15) is 5.82 Å². The quantitative estimate of drug-likeness (QED) is 0.888. The van der Waals surface area contributed by atoms with E-state index >= 15 is 0 Å². The summed E-state index contributed by atoms with van der Waals surface area (Å²) in [5, 5.41) is 6.95. The number of aryl methyl sites for hydroxylation is 2. The highest BCUT2D eigenvalue weighted by molar-refractivity contribution is 5.78. The Hall–Kier alpha value is -2.17. The maximum atomic E-state index is 13.1. The molecule has 0 spiro atoms. The van der Waals surface area contributed by atoms with E-state index in [0.29, 0.717) is 19.4 Å². The van der Waals surface area contributed by atoms with E-state index in [1.807, 2.05) is 26.2 Å². The molecule has 1 aromatic heterocycles. The number of carbonyl (C=O) groups is 1. The summed E-state index contributed by atoms with van der Waals surface area (Å²) < 4.78 is 14.8. The van der Waals surface area contributed by atoms with Gasteiger partial charge in [-0.05, 0) is 30.5 Å². The molecule has 4 nitrogen and oxygen atoms in total. The third-order valence-electron chi connectivity index (χ3n) is 3.43. The number of rotatable bonds is 6. The smallest absolute Gasteiger partial charge is 0.223 e. The molecule has 2 rings (SSSR count). The molecule has 0 radical (unpaired) electrons. The van der Waals surface area contributed by atoms with Gasteiger partial charge >= 0.3 is 0 Å². The van der Waals surface area contributed by atoms with Crippen molar-refractivity contribution >= 4 is 5.91 Å². The van der Waals surface area contributed by atoms with Crippen LogP contribution >= 0.6 is 0 Å². The standard InChI is InChI=1S/C16H20FN3O/c1-12(6-7-13-4-3-5-15(17)8-13)16(21)18-9-14-10-19-20(2)11-14/h3-5,8,10-12H,6-7,9H2,1-2H3,(H,18,21)/t12-/m0/s1. The Morgan fingerprint density at radius 3 is 2.90 bits per heavy atom. The van der Waals surface area contributed by atoms with E-state index in [4.69, 9.17) is 0 Å². The fourth-order valence-corrected chi connectivity index (χ4v) is 2.13. The third-order valence-corrected chi connectivity index (χ3v) is 3.43. The highest BCUT2D eigenvalue weighted by Gasteiger charge is 2.13. The molecule has 0 fully saturated rings. The van der Waals surface area contributed by atoms with E-state index in [-0.39, 0.29) is 17.6 Å². The van der Waals surface area contributed by atoms with Crippen molar-refractivity contribution in [2.45, 2.75) is 26.3 Å². The lowest BCUT2D eigenvalue weighted by Crippen LogP contribution is -2.28. The average molecular weight is 289 g/mol. The van der Waals surface area contributed by atoms with E-state index in [9.17, 15) is 9.18 Å². The summed E-state index contributed by atoms with van der Waals surface area (Å²) in [6.45, 7) is 2.37. The van der Waals surface area contributed by atoms with Crippen molar-refractivity contribution in [1.82, 2.24) is 15.1 Å². The minimum absolute atomic E-state index is 0.00950. The number of amides is 1. The van der Waals surface area contributed by atoms with E-state index in [0.717, 1.165) is 11.1 Å². The first-order chi connectivity index (χ1) is 10.0. The van der Waals surface area contributed by atoms with Crippen LogP contribution < -0.4 is 5.32 Å². The van der Waals surface area contributed by atoms with Crippen LogP contribution in [-0.4, -0.2) is 15.7 Å². The lowest BCUT2D eigenvalue weighted by Gasteiger charge is -2.11. The third kappa shape index (κ3) is 4.70. The summed E-state index contributed by atoms with van der Waals surface area (Å²) in [4.78, 5) is 12.0. The van der Waals surface area contributed by atoms with Crippen molar-refractivity contribution in [2.75, 3.05) is 0 Å². The predicted octanol–water partition coefficient (Wildman–Crippen LogP) is 2.44. The minimum Gasteiger partial charge on any atom is -0.352 e. The highest BCUT2D eigenvalue weighted by Crippen LogP contribution is 2.11. The van der Waals surface area contributed by atoms with Crippen molar-refractivity contribution in [3.63, 3.8) is 0 Å². The number of hydrogen-bond donors (Lipinski definition) is 1. The summed E-state index contributed by atoms with van der Waals surface area (Å²) >= 11 is 0. The van der Waals surface area contributed by atoms with Crippen LogP contribution in [0.1, 0.15) is 24.5 Å². The Labute approximate surface area is 124 Å². The minimum atomic E-state index is -0.235. The van der Waals surface area contributed by atoms with Crippen LogP contribution in [0, 0.1) is 11.7 Å². The topological polar surface area (TPSA) is 46.9 Å². The Bertz CT molecular complexity index is 609. The molecule has 5 heteroatoms. The molecule has 1 N–H and O–H groups in total. The molecule has 2 aromatic rings. The molecular weight excluding hydrogens is 269 g/mol. The van der Waals surface area contributed by atoms with Crippen LogP contribution in [-0.2, 0) is 24.8 Å². The Balaban J connectivity index is 1.77. The number of aromatic nitrogens is 2. The number of nitrogens with one attached hydrogen (secondary N) is 1. The number of benzene rings is 1. The van der Waals surface area contributed by atoms with E-state index in [2.05, 4.69) is 10.4 Å². The second-order valence-electron chi connectivity index (χ2n) is 5.31. The molecular formula is C16H20FN3O. The second-order valence-corrected chi connectivity index (χ2v) is 5.31. The summed E-state index contributed by atoms with van der Waals surface area (Å²) in [5.74, 6) is -0.332. The van der Waals surface area contributed by atoms with Crippen LogP contribution in [0.3, 0.4) is 0 Å². The molecule has 112 valence electrons. The summed E-state index contributed by atoms with van der Waals surface area (Å²) in [7, 11) is 1.84. The lowest BCUT2D eigenvalue weighted by atomic mass is 10.0. The molecule has 0 aliphatic carbocycles. The van der Waals surface area contributed by atoms with Gasteiger partial charge in [0.25, 0.3) is 0 Å². The maximum absolute atomic E-state index is 13.1. The zero-order valence-corrected chi connectivity index (χ0v) is 12.3. The van der Waals surface area contributed by atoms with E-state index in [1.165, 1.54) is 12.1 Å². The molecule has 0 unspecified atom stereocenters. The lowest BCUT2D eigenvalue weighted by molar-refractivity contribution is -0.124. The summed E-state index contributed by atoms with van der Waals surface area (Å²) in [6.07, 6.45) is 5.00. The molecule has 0 saturated heterocycles. The Kier molecular flexibility index (Phi) is 5.09. The first-order valence-corrected chi connectivity index (χ1v) is 7.04. The maximum Gasteiger partial charge on any atom is 0.223 e. The van der Waals surface area contributed by atoms with Gasteiger partial charge in [0.2, 0.25) is 5.91 Å². The van der Waals surface area contributed by atoms with E-state index in [1.54, 1.807) is 16.9 Å². The SMILES string of the molecule is C[C@@H](CCc1cccc(F)c1)C(=O)NCc1cnn(C)c1. The zero-order chi connectivity index (χ0) is 15.2. The Morgan fingerprint density at radius 2 is 2.24 bits per heavy atom. The largest absolute Gasteiger partial charge is 0.352 e. The van der Waals surface area contributed by atoms with Gasteiger partial charge in [-0.2, -0.15) is 5.10 Å². The molecule has 0 aliphatic heterocycles. The van der Waals surface area contributed by atoms with Crippen molar-refractivity contribution in [3.8, 4) is 0 Å². The molecule has 1 atom stereocenters. The molecule has 0 aliphatic rings. The van der Waals surface area contributed by atoms with Gasteiger partial charge in [0.15, 0.2) is 0 Å². The van der Waals surface area contributed by atoms with Crippen LogP contribution in [0.5, 0.6) is 0 Å². The van der Waals surface area contributed by atoms with Crippen LogP contribution in [0.2, 0.25) is 0 Å². The predicted molar refractivity (Wildman–Crippen MR) is 78.9 cm³/mol. The van der Waals surface area contributed by atoms with E-state index < -0.39 is 0 Å². The van der Waals surface area contributed by atoms with Crippen molar-refractivity contribution in [2.24, 2.45) is 13.0 Å². The zero-order valence-electron chi connectivity index (χ0n) is 12.3. The molecule has 1 aromatic carbocycles. The van der Waals surface area contributed by atoms with Gasteiger partial charge in [-0.25, -0.2) is 4.39 Å². The van der Waals surface area contributed by atoms with Crippen LogP contribution in [0.4, 0.5) is 4.39 Å². The fourth-order valence-electron chi connectivity index (χ4n) is 2.13. The second kappa shape index (κ2) is 7.02. The van der Waals surface area contributed by atoms with Crippen molar-refractivity contribution in [3.05, 3.63) is 53.6 Å². The number of hydrogen-bond acceptors (Lipinski definition) is 2. The monoisotopic (exact) mass is 289 g/mol. The number of nitrogens with zero attached hydrogens (tertiary/aromatic N) is 2. The van der Waals surface area contributed by atoms with Crippen molar-refractivity contribution < 1.29 is 9.18 Å². The van der Waals surface area contributed by atoms with Crippen molar-refractivity contribution in [1.29, 1.82) is 0 Å². The van der Waals surface area contributed by atoms with Crippen LogP contribution in [0.25, 0.3) is 0 Å². The van der Waals surface area contributed by atoms with Gasteiger partial charge in [-0.1, -0.05) is 19.1 Å². The normalized spacial score (nSPS) is 12.1. The molecule has 1 amide bonds. The first-order valence-electron chi connectivity index (χ1n) is 7.04. The van der Waals surface area contributed by atoms with Gasteiger partial charge in [0, 0.05) is 31.3 Å². The van der Waals surface area contributed by atoms with Crippen LogP contribution in [0.15, 0.2) is 36.7 Å². The Morgan fingerprint density at radius 1 is 1.43 bits per heavy atom. The molecule has 21 heavy (non-hydrogen) atoms. The summed E-state index contributed by atoms with van der Waals surface area (Å²) in [5.41, 5.74) is 1.89. The number of halogens is 1. The molecule has 1 heterocycles. The van der Waals surface area contributed by atoms with Gasteiger partial charge in [-0.15, -0.1) is 0 Å². The molecule has 0 bridgehead atoms. The van der Waals surface area contributed by atoms with Gasteiger partial charge < -0.3 is 5.32 Å². The fraction of sp³-hybridized carbons (Fsp3) is 0.375. The average Bonchev–Trinajstić information content (AvgIpc) is 2.88. The first kappa shape index (κ1) is 15.2. The molecule has 0 saturated carbocycles. The summed E-state index contributed by atoms with van der Waals surface area (Å²) in [6, 6.07) is 6.51. The van der Waals surface area contributed by atoms with Gasteiger partial charge in [-0.3, -0.25) is 9.48 Å². The number of carbonyl (C=O) groups excluding carboxylic acids is 1. The highest BCUT2D eigenvalue weighted by atomic mass is 19.1.